The fourth-order valence-corrected chi connectivity index (χ4v) is 9.23. The zero-order valence-electron chi connectivity index (χ0n) is 47.2. The number of hydrogen-bond acceptors (Lipinski definition) is 12. The lowest BCUT2D eigenvalue weighted by Gasteiger charge is -2.18. The number of aromatic amines is 2. The van der Waals surface area contributed by atoms with Crippen molar-refractivity contribution < 1.29 is 58.1 Å². The topological polar surface area (TPSA) is 217 Å². The fourth-order valence-electron chi connectivity index (χ4n) is 9.23. The van der Waals surface area contributed by atoms with Crippen molar-refractivity contribution in [2.45, 2.75) is 85.7 Å². The number of benzene rings is 7. The van der Waals surface area contributed by atoms with Crippen molar-refractivity contribution >= 4 is 11.9 Å². The van der Waals surface area contributed by atoms with Crippen LogP contribution in [0, 0.1) is 0 Å². The zero-order valence-corrected chi connectivity index (χ0v) is 47.2. The molecule has 0 amide bonds. The average Bonchev–Trinajstić information content (AvgIpc) is 4.30. The second kappa shape index (κ2) is 30.2. The highest BCUT2D eigenvalue weighted by Gasteiger charge is 2.20. The number of H-pyrrole nitrogens is 2. The molecule has 5 N–H and O–H groups in total. The Morgan fingerprint density at radius 2 is 0.880 bits per heavy atom. The third kappa shape index (κ3) is 16.0. The van der Waals surface area contributed by atoms with Gasteiger partial charge in [-0.15, -0.1) is 0 Å². The van der Waals surface area contributed by atoms with E-state index in [1.165, 1.54) is 12.1 Å². The van der Waals surface area contributed by atoms with Gasteiger partial charge in [-0.3, -0.25) is 10.2 Å². The Morgan fingerprint density at radius 3 is 1.35 bits per heavy atom. The lowest BCUT2D eigenvalue weighted by molar-refractivity contribution is 0.0683. The summed E-state index contributed by atoms with van der Waals surface area (Å²) >= 11 is 0. The number of hydrogen-bond donors (Lipinski definition) is 5. The van der Waals surface area contributed by atoms with Crippen LogP contribution in [0.3, 0.4) is 0 Å². The summed E-state index contributed by atoms with van der Waals surface area (Å²) in [6.45, 7) is 10.5. The van der Waals surface area contributed by atoms with E-state index in [0.717, 1.165) is 101 Å². The summed E-state index contributed by atoms with van der Waals surface area (Å²) in [5, 5.41) is 43.6. The minimum absolute atomic E-state index is 0.105. The van der Waals surface area contributed by atoms with Gasteiger partial charge in [0.1, 0.15) is 75.2 Å². The Hall–Kier alpha value is -9.70. The van der Waals surface area contributed by atoms with Crippen molar-refractivity contribution in [2.24, 2.45) is 0 Å². The van der Waals surface area contributed by atoms with Crippen LogP contribution in [0.2, 0.25) is 0 Å². The molecule has 2 heterocycles. The second-order valence-corrected chi connectivity index (χ2v) is 19.2. The van der Waals surface area contributed by atoms with Crippen molar-refractivity contribution in [3.05, 3.63) is 203 Å². The molecule has 0 saturated heterocycles. The molecule has 0 bridgehead atoms. The highest BCUT2D eigenvalue weighted by atomic mass is 16.5. The summed E-state index contributed by atoms with van der Waals surface area (Å²) < 4.78 is 43.0. The largest absolute Gasteiger partial charge is 0.507 e. The van der Waals surface area contributed by atoms with Crippen molar-refractivity contribution in [2.75, 3.05) is 26.4 Å². The number of aromatic hydroxyl groups is 1. The highest BCUT2D eigenvalue weighted by molar-refractivity contribution is 5.91. The summed E-state index contributed by atoms with van der Waals surface area (Å²) in [4.78, 5) is 23.3. The first-order chi connectivity index (χ1) is 40.6. The summed E-state index contributed by atoms with van der Waals surface area (Å²) in [6, 6.07) is 45.8. The molecule has 0 aliphatic rings. The van der Waals surface area contributed by atoms with Gasteiger partial charge >= 0.3 is 11.9 Å². The Labute approximate surface area is 483 Å². The number of carbonyl (C=O) groups is 2. The van der Waals surface area contributed by atoms with E-state index in [1.54, 1.807) is 54.9 Å². The molecule has 9 aromatic rings. The quantitative estimate of drug-likeness (QED) is 0.0276. The number of carboxylic acid groups (broad SMARTS) is 2. The molecule has 0 atom stereocenters. The molecule has 16 heteroatoms. The molecule has 0 unspecified atom stereocenters. The lowest BCUT2D eigenvalue weighted by atomic mass is 10.0. The Morgan fingerprint density at radius 1 is 0.446 bits per heavy atom. The van der Waals surface area contributed by atoms with Gasteiger partial charge in [-0.1, -0.05) is 107 Å². The summed E-state index contributed by atoms with van der Waals surface area (Å²) in [5.74, 6) is 3.37. The van der Waals surface area contributed by atoms with E-state index in [1.807, 2.05) is 97.9 Å². The zero-order chi connectivity index (χ0) is 58.3. The number of para-hydroxylation sites is 2. The predicted octanol–water partition coefficient (Wildman–Crippen LogP) is 15.1. The summed E-state index contributed by atoms with van der Waals surface area (Å²) in [5.41, 5.74) is 8.41. The number of aryl methyl sites for hydroxylation is 2. The van der Waals surface area contributed by atoms with Gasteiger partial charge in [-0.25, -0.2) is 9.59 Å². The van der Waals surface area contributed by atoms with Gasteiger partial charge < -0.3 is 48.5 Å². The lowest BCUT2D eigenvalue weighted by Crippen LogP contribution is -2.08. The Bertz CT molecular complexity index is 3510. The van der Waals surface area contributed by atoms with E-state index in [0.29, 0.717) is 80.2 Å². The minimum Gasteiger partial charge on any atom is -0.507 e. The number of aromatic nitrogens is 4. The SMILES string of the molecule is CCCc1c(OCCCOc2cc(O)c(-c3ccn[nH]3)cc2CC)cccc1Oc1ccccc1C(=O)O.CCCc1c(OCCCOc2cc(OCc3ccccc3)c(-c3ccn[nH]3)cc2CC)cccc1Oc1ccccc1C(=O)O. The molecule has 0 aliphatic heterocycles. The van der Waals surface area contributed by atoms with Crippen LogP contribution in [-0.4, -0.2) is 74.1 Å². The van der Waals surface area contributed by atoms with Crippen LogP contribution in [0.1, 0.15) is 102 Å². The second-order valence-electron chi connectivity index (χ2n) is 19.2. The minimum atomic E-state index is -1.04. The van der Waals surface area contributed by atoms with Gasteiger partial charge in [0.15, 0.2) is 0 Å². The first-order valence-corrected chi connectivity index (χ1v) is 28.0. The van der Waals surface area contributed by atoms with Crippen molar-refractivity contribution in [3.63, 3.8) is 0 Å². The maximum Gasteiger partial charge on any atom is 0.339 e. The Balaban J connectivity index is 0.000000220. The third-order valence-electron chi connectivity index (χ3n) is 13.4. The van der Waals surface area contributed by atoms with Gasteiger partial charge in [-0.05, 0) is 115 Å². The number of rotatable bonds is 29. The molecule has 83 heavy (non-hydrogen) atoms. The fraction of sp³-hybridized carbons (Fsp3) is 0.254. The van der Waals surface area contributed by atoms with Crippen LogP contribution in [-0.2, 0) is 32.3 Å². The first-order valence-electron chi connectivity index (χ1n) is 28.0. The molecular formula is C67H70N4O12. The van der Waals surface area contributed by atoms with Crippen LogP contribution in [0.5, 0.6) is 57.5 Å². The molecule has 0 aliphatic carbocycles. The van der Waals surface area contributed by atoms with Crippen LogP contribution in [0.15, 0.2) is 164 Å². The molecule has 0 spiro atoms. The van der Waals surface area contributed by atoms with Crippen molar-refractivity contribution in [1.82, 2.24) is 20.4 Å². The van der Waals surface area contributed by atoms with Gasteiger partial charge in [0.2, 0.25) is 0 Å². The maximum absolute atomic E-state index is 11.7. The Kier molecular flexibility index (Phi) is 21.6. The molecule has 16 nitrogen and oxygen atoms in total. The van der Waals surface area contributed by atoms with E-state index in [-0.39, 0.29) is 22.6 Å². The van der Waals surface area contributed by atoms with E-state index >= 15 is 0 Å². The van der Waals surface area contributed by atoms with Crippen LogP contribution in [0.4, 0.5) is 0 Å². The van der Waals surface area contributed by atoms with Crippen LogP contribution < -0.4 is 33.2 Å². The molecule has 7 aromatic carbocycles. The number of nitrogens with one attached hydrogen (secondary N) is 2. The van der Waals surface area contributed by atoms with Crippen molar-refractivity contribution in [1.29, 1.82) is 0 Å². The van der Waals surface area contributed by atoms with Gasteiger partial charge in [-0.2, -0.15) is 10.2 Å². The van der Waals surface area contributed by atoms with Gasteiger partial charge in [0.05, 0.1) is 37.8 Å². The van der Waals surface area contributed by atoms with E-state index < -0.39 is 11.9 Å². The van der Waals surface area contributed by atoms with Crippen molar-refractivity contribution in [3.8, 4) is 80.0 Å². The third-order valence-corrected chi connectivity index (χ3v) is 13.4. The number of carboxylic acids is 2. The molecule has 0 fully saturated rings. The molecule has 0 saturated carbocycles. The first kappa shape index (κ1) is 59.4. The molecular weight excluding hydrogens is 1050 g/mol. The highest BCUT2D eigenvalue weighted by Crippen LogP contribution is 2.39. The number of phenolic OH excluding ortho intramolecular Hbond substituents is 1. The maximum atomic E-state index is 11.7. The summed E-state index contributed by atoms with van der Waals surface area (Å²) in [6.07, 6.45) is 9.42. The molecule has 0 radical (unpaired) electrons. The van der Waals surface area contributed by atoms with E-state index in [9.17, 15) is 24.9 Å². The molecule has 2 aromatic heterocycles. The van der Waals surface area contributed by atoms with E-state index in [2.05, 4.69) is 47.2 Å². The average molecular weight is 1120 g/mol. The smallest absolute Gasteiger partial charge is 0.339 e. The normalized spacial score (nSPS) is 10.8. The number of ether oxygens (including phenoxy) is 7. The number of phenols is 1. The predicted molar refractivity (Wildman–Crippen MR) is 318 cm³/mol. The number of aromatic carboxylic acids is 2. The molecule has 9 rings (SSSR count). The number of nitrogens with zero attached hydrogens (tertiary/aromatic N) is 2. The van der Waals surface area contributed by atoms with Crippen LogP contribution in [0.25, 0.3) is 22.5 Å². The molecule has 430 valence electrons. The van der Waals surface area contributed by atoms with E-state index in [4.69, 9.17) is 33.2 Å². The van der Waals surface area contributed by atoms with Gasteiger partial charge in [0.25, 0.3) is 0 Å². The standard InChI is InChI=1S/C37H38N2O6.C30H32N2O6/c1-3-12-28-32(17-10-18-33(28)45-34-16-9-8-15-29(34)37(40)41)42-21-11-22-43-35-24-36(44-25-26-13-6-5-7-14-26)30(23-27(35)4-2)31-19-20-38-39-31;1-3-9-21-26(12-7-13-27(21)38-28-11-6-5-10-22(28)30(34)35)36-16-8-17-37-29-19-25(33)23(18-20(29)4-2)24-14-15-31-32-24/h5-10,13-20,23-24H,3-4,11-12,21-22,25H2,1-2H3,(H,38,39)(H,40,41);5-7,10-15,18-19,33H,3-4,8-9,16-17H2,1-2H3,(H,31,32)(H,34,35). The van der Waals surface area contributed by atoms with Crippen LogP contribution >= 0.6 is 0 Å². The summed E-state index contributed by atoms with van der Waals surface area (Å²) in [7, 11) is 0. The van der Waals surface area contributed by atoms with Gasteiger partial charge in [0, 0.05) is 59.6 Å². The monoisotopic (exact) mass is 1120 g/mol.